The van der Waals surface area contributed by atoms with Crippen molar-refractivity contribution in [2.75, 3.05) is 13.7 Å². The van der Waals surface area contributed by atoms with Gasteiger partial charge in [-0.05, 0) is 30.7 Å². The van der Waals surface area contributed by atoms with Gasteiger partial charge in [-0.25, -0.2) is 0 Å². The molecule has 0 aliphatic carbocycles. The van der Waals surface area contributed by atoms with Crippen LogP contribution >= 0.6 is 0 Å². The number of ether oxygens (including phenoxy) is 2. The van der Waals surface area contributed by atoms with E-state index in [0.717, 1.165) is 0 Å². The number of rotatable bonds is 4. The second kappa shape index (κ2) is 5.76. The van der Waals surface area contributed by atoms with Crippen LogP contribution in [-0.2, 0) is 16.0 Å². The average Bonchev–Trinajstić information content (AvgIpc) is 2.28. The summed E-state index contributed by atoms with van der Waals surface area (Å²) < 4.78 is 9.87. The number of nitriles is 1. The molecule has 0 fully saturated rings. The maximum atomic E-state index is 11.3. The molecule has 84 valence electrons. The van der Waals surface area contributed by atoms with Crippen molar-refractivity contribution in [3.63, 3.8) is 0 Å². The fourth-order valence-corrected chi connectivity index (χ4v) is 1.32. The largest absolute Gasteiger partial charge is 0.497 e. The normalized spacial score (nSPS) is 9.31. The third kappa shape index (κ3) is 3.28. The maximum absolute atomic E-state index is 11.3. The minimum absolute atomic E-state index is 0.152. The zero-order chi connectivity index (χ0) is 12.0. The van der Waals surface area contributed by atoms with Crippen LogP contribution in [0.2, 0.25) is 0 Å². The number of methoxy groups -OCH3 is 1. The van der Waals surface area contributed by atoms with Gasteiger partial charge in [-0.3, -0.25) is 4.79 Å². The summed E-state index contributed by atoms with van der Waals surface area (Å²) in [5.41, 5.74) is 1.19. The highest BCUT2D eigenvalue weighted by atomic mass is 16.5. The number of carbonyl (C=O) groups excluding carboxylic acids is 1. The fourth-order valence-electron chi connectivity index (χ4n) is 1.32. The highest BCUT2D eigenvalue weighted by Gasteiger charge is 2.07. The van der Waals surface area contributed by atoms with Crippen molar-refractivity contribution in [3.8, 4) is 11.8 Å². The Morgan fingerprint density at radius 2 is 2.19 bits per heavy atom. The Kier molecular flexibility index (Phi) is 4.34. The van der Waals surface area contributed by atoms with E-state index in [9.17, 15) is 4.79 Å². The molecule has 0 radical (unpaired) electrons. The summed E-state index contributed by atoms with van der Waals surface area (Å²) in [6.07, 6.45) is 0.152. The lowest BCUT2D eigenvalue weighted by Gasteiger charge is -2.05. The topological polar surface area (TPSA) is 59.3 Å². The minimum Gasteiger partial charge on any atom is -0.497 e. The smallest absolute Gasteiger partial charge is 0.310 e. The molecule has 1 aromatic carbocycles. The summed E-state index contributed by atoms with van der Waals surface area (Å²) in [6, 6.07) is 7.01. The third-order valence-electron chi connectivity index (χ3n) is 1.98. The Labute approximate surface area is 94.4 Å². The van der Waals surface area contributed by atoms with Gasteiger partial charge >= 0.3 is 5.97 Å². The molecule has 0 aliphatic heterocycles. The molecule has 1 aromatic rings. The first-order chi connectivity index (χ1) is 7.69. The van der Waals surface area contributed by atoms with Crippen LogP contribution < -0.4 is 4.74 Å². The van der Waals surface area contributed by atoms with Gasteiger partial charge in [0, 0.05) is 0 Å². The van der Waals surface area contributed by atoms with Crippen LogP contribution in [0.1, 0.15) is 18.1 Å². The second-order valence-electron chi connectivity index (χ2n) is 3.16. The highest BCUT2D eigenvalue weighted by molar-refractivity contribution is 5.73. The van der Waals surface area contributed by atoms with Gasteiger partial charge in [0.25, 0.3) is 0 Å². The van der Waals surface area contributed by atoms with Crippen LogP contribution in [0.25, 0.3) is 0 Å². The van der Waals surface area contributed by atoms with E-state index >= 15 is 0 Å². The monoisotopic (exact) mass is 219 g/mol. The lowest BCUT2D eigenvalue weighted by molar-refractivity contribution is -0.142. The molecule has 4 nitrogen and oxygen atoms in total. The Bertz CT molecular complexity index is 421. The van der Waals surface area contributed by atoms with Gasteiger partial charge in [-0.1, -0.05) is 0 Å². The highest BCUT2D eigenvalue weighted by Crippen LogP contribution is 2.17. The average molecular weight is 219 g/mol. The molecular formula is C12H13NO3. The first-order valence-electron chi connectivity index (χ1n) is 4.93. The SMILES string of the molecule is CCOC(=O)Cc1cc(C#N)cc(OC)c1. The Morgan fingerprint density at radius 1 is 1.44 bits per heavy atom. The lowest BCUT2D eigenvalue weighted by atomic mass is 10.1. The van der Waals surface area contributed by atoms with E-state index in [1.54, 1.807) is 25.1 Å². The quantitative estimate of drug-likeness (QED) is 0.723. The molecule has 1 rings (SSSR count). The molecular weight excluding hydrogens is 206 g/mol. The number of carbonyl (C=O) groups is 1. The number of hydrogen-bond donors (Lipinski definition) is 0. The Hall–Kier alpha value is -2.02. The van der Waals surface area contributed by atoms with Gasteiger partial charge in [0.1, 0.15) is 5.75 Å². The fraction of sp³-hybridized carbons (Fsp3) is 0.333. The number of benzene rings is 1. The van der Waals surface area contributed by atoms with Gasteiger partial charge in [0.2, 0.25) is 0 Å². The van der Waals surface area contributed by atoms with Crippen LogP contribution in [0, 0.1) is 11.3 Å². The summed E-state index contributed by atoms with van der Waals surface area (Å²) in [5, 5.41) is 8.80. The summed E-state index contributed by atoms with van der Waals surface area (Å²) in [5.74, 6) is 0.262. The number of esters is 1. The van der Waals surface area contributed by atoms with E-state index in [2.05, 4.69) is 0 Å². The van der Waals surface area contributed by atoms with Crippen molar-refractivity contribution < 1.29 is 14.3 Å². The molecule has 0 amide bonds. The van der Waals surface area contributed by atoms with Gasteiger partial charge in [-0.2, -0.15) is 5.26 Å². The summed E-state index contributed by atoms with van der Waals surface area (Å²) in [4.78, 5) is 11.3. The van der Waals surface area contributed by atoms with E-state index in [-0.39, 0.29) is 12.4 Å². The van der Waals surface area contributed by atoms with Gasteiger partial charge in [-0.15, -0.1) is 0 Å². The molecule has 0 saturated heterocycles. The molecule has 0 unspecified atom stereocenters. The van der Waals surface area contributed by atoms with Crippen LogP contribution in [0.3, 0.4) is 0 Å². The first kappa shape index (κ1) is 12.1. The maximum Gasteiger partial charge on any atom is 0.310 e. The van der Waals surface area contributed by atoms with Crippen molar-refractivity contribution in [2.24, 2.45) is 0 Å². The summed E-state index contributed by atoms with van der Waals surface area (Å²) >= 11 is 0. The van der Waals surface area contributed by atoms with E-state index in [1.807, 2.05) is 6.07 Å². The van der Waals surface area contributed by atoms with Gasteiger partial charge < -0.3 is 9.47 Å². The molecule has 0 aromatic heterocycles. The first-order valence-corrected chi connectivity index (χ1v) is 4.93. The Balaban J connectivity index is 2.87. The molecule has 0 spiro atoms. The van der Waals surface area contributed by atoms with E-state index in [0.29, 0.717) is 23.5 Å². The Morgan fingerprint density at radius 3 is 2.75 bits per heavy atom. The van der Waals surface area contributed by atoms with Crippen LogP contribution in [-0.4, -0.2) is 19.7 Å². The summed E-state index contributed by atoms with van der Waals surface area (Å²) in [7, 11) is 1.52. The standard InChI is InChI=1S/C12H13NO3/c1-3-16-12(14)7-9-4-10(8-13)6-11(5-9)15-2/h4-6H,3,7H2,1-2H3. The minimum atomic E-state index is -0.306. The van der Waals surface area contributed by atoms with Gasteiger partial charge in [0.05, 0.1) is 31.8 Å². The van der Waals surface area contributed by atoms with Gasteiger partial charge in [0.15, 0.2) is 0 Å². The second-order valence-corrected chi connectivity index (χ2v) is 3.16. The van der Waals surface area contributed by atoms with E-state index in [1.165, 1.54) is 7.11 Å². The lowest BCUT2D eigenvalue weighted by Crippen LogP contribution is -2.07. The predicted octanol–water partition coefficient (Wildman–Crippen LogP) is 1.67. The molecule has 0 saturated carbocycles. The van der Waals surface area contributed by atoms with E-state index in [4.69, 9.17) is 14.7 Å². The van der Waals surface area contributed by atoms with Crippen LogP contribution in [0.4, 0.5) is 0 Å². The zero-order valence-corrected chi connectivity index (χ0v) is 9.32. The molecule has 0 bridgehead atoms. The molecule has 0 heterocycles. The zero-order valence-electron chi connectivity index (χ0n) is 9.32. The van der Waals surface area contributed by atoms with Crippen LogP contribution in [0.5, 0.6) is 5.75 Å². The van der Waals surface area contributed by atoms with Crippen molar-refractivity contribution in [1.29, 1.82) is 5.26 Å². The van der Waals surface area contributed by atoms with E-state index < -0.39 is 0 Å². The third-order valence-corrected chi connectivity index (χ3v) is 1.98. The van der Waals surface area contributed by atoms with Crippen molar-refractivity contribution >= 4 is 5.97 Å². The molecule has 16 heavy (non-hydrogen) atoms. The number of nitrogens with zero attached hydrogens (tertiary/aromatic N) is 1. The van der Waals surface area contributed by atoms with Crippen molar-refractivity contribution in [3.05, 3.63) is 29.3 Å². The van der Waals surface area contributed by atoms with Crippen LogP contribution in [0.15, 0.2) is 18.2 Å². The molecule has 4 heteroatoms. The summed E-state index contributed by atoms with van der Waals surface area (Å²) in [6.45, 7) is 2.11. The van der Waals surface area contributed by atoms with Crippen molar-refractivity contribution in [1.82, 2.24) is 0 Å². The molecule has 0 aliphatic rings. The van der Waals surface area contributed by atoms with Crippen molar-refractivity contribution in [2.45, 2.75) is 13.3 Å². The number of hydrogen-bond acceptors (Lipinski definition) is 4. The molecule has 0 N–H and O–H groups in total. The predicted molar refractivity (Wildman–Crippen MR) is 58.0 cm³/mol. The molecule has 0 atom stereocenters.